The van der Waals surface area contributed by atoms with Crippen molar-refractivity contribution in [3.8, 4) is 0 Å². The van der Waals surface area contributed by atoms with E-state index in [1.54, 1.807) is 0 Å². The average Bonchev–Trinajstić information content (AvgIpc) is 2.15. The van der Waals surface area contributed by atoms with Gasteiger partial charge in [0.25, 0.3) is 0 Å². The first-order valence-corrected chi connectivity index (χ1v) is 5.90. The molecule has 0 unspecified atom stereocenters. The van der Waals surface area contributed by atoms with Gasteiger partial charge in [-0.2, -0.15) is 0 Å². The maximum absolute atomic E-state index is 5.32. The van der Waals surface area contributed by atoms with Crippen LogP contribution in [0, 0.1) is 0 Å². The molecule has 0 bridgehead atoms. The molecule has 0 heterocycles. The molecule has 4 nitrogen and oxygen atoms in total. The third kappa shape index (κ3) is 4.64. The largest absolute Gasteiger partial charge is 0.376 e. The lowest BCUT2D eigenvalue weighted by Gasteiger charge is -2.23. The number of anilines is 1. The first-order chi connectivity index (χ1) is 7.79. The van der Waals surface area contributed by atoms with Crippen LogP contribution in [0.2, 0.25) is 0 Å². The van der Waals surface area contributed by atoms with E-state index in [9.17, 15) is 0 Å². The second-order valence-corrected chi connectivity index (χ2v) is 5.35. The van der Waals surface area contributed by atoms with Crippen molar-refractivity contribution in [2.45, 2.75) is 0 Å². The molecule has 1 rings (SSSR count). The predicted molar refractivity (Wildman–Crippen MR) is 82.1 cm³/mol. The molecule has 6 heteroatoms. The number of quaternary nitrogens is 1. The Kier molecular flexibility index (Phi) is 4.39. The fourth-order valence-corrected chi connectivity index (χ4v) is 1.66. The van der Waals surface area contributed by atoms with Crippen molar-refractivity contribution in [3.63, 3.8) is 0 Å². The van der Waals surface area contributed by atoms with Crippen LogP contribution in [0.3, 0.4) is 0 Å². The third-order valence-electron chi connectivity index (χ3n) is 2.14. The summed E-state index contributed by atoms with van der Waals surface area (Å²) < 4.78 is 0.774. The summed E-state index contributed by atoms with van der Waals surface area (Å²) in [6.07, 6.45) is 0. The van der Waals surface area contributed by atoms with Gasteiger partial charge in [0.1, 0.15) is 5.69 Å². The van der Waals surface area contributed by atoms with Gasteiger partial charge >= 0.3 is 0 Å². The van der Waals surface area contributed by atoms with E-state index >= 15 is 0 Å². The number of hydrogen-bond acceptors (Lipinski definition) is 2. The zero-order chi connectivity index (χ0) is 13.1. The van der Waals surface area contributed by atoms with Crippen LogP contribution in [0.25, 0.3) is 0 Å². The van der Waals surface area contributed by atoms with E-state index in [1.807, 2.05) is 24.3 Å². The SMILES string of the molecule is C[N+](C)(C)c1ccc(NC(=S)NC(N)=S)cc1. The summed E-state index contributed by atoms with van der Waals surface area (Å²) in [7, 11) is 6.34. The number of nitrogens with zero attached hydrogens (tertiary/aromatic N) is 1. The first-order valence-electron chi connectivity index (χ1n) is 5.08. The van der Waals surface area contributed by atoms with Gasteiger partial charge in [0.05, 0.1) is 21.1 Å². The van der Waals surface area contributed by atoms with Crippen LogP contribution in [-0.2, 0) is 0 Å². The molecule has 0 aromatic heterocycles. The zero-order valence-corrected chi connectivity index (χ0v) is 11.8. The number of nitrogens with one attached hydrogen (secondary N) is 2. The van der Waals surface area contributed by atoms with Crippen LogP contribution in [0.1, 0.15) is 0 Å². The number of rotatable bonds is 2. The molecule has 0 amide bonds. The summed E-state index contributed by atoms with van der Waals surface area (Å²) >= 11 is 9.72. The fourth-order valence-electron chi connectivity index (χ4n) is 1.27. The van der Waals surface area contributed by atoms with Crippen molar-refractivity contribution < 1.29 is 0 Å². The molecule has 0 saturated heterocycles. The smallest absolute Gasteiger partial charge is 0.177 e. The monoisotopic (exact) mass is 269 g/mol. The molecule has 92 valence electrons. The summed E-state index contributed by atoms with van der Waals surface area (Å²) in [6.45, 7) is 0. The number of benzene rings is 1. The molecule has 1 aromatic rings. The van der Waals surface area contributed by atoms with Gasteiger partial charge < -0.3 is 16.4 Å². The van der Waals surface area contributed by atoms with E-state index in [1.165, 1.54) is 5.69 Å². The first kappa shape index (κ1) is 13.8. The Hall–Kier alpha value is -1.24. The molecule has 0 radical (unpaired) electrons. The lowest BCUT2D eigenvalue weighted by molar-refractivity contribution is 0.486. The highest BCUT2D eigenvalue weighted by atomic mass is 32.1. The Morgan fingerprint density at radius 1 is 1.12 bits per heavy atom. The number of thiocarbonyl (C=S) groups is 2. The van der Waals surface area contributed by atoms with Crippen LogP contribution in [-0.4, -0.2) is 31.4 Å². The molecule has 4 N–H and O–H groups in total. The highest BCUT2D eigenvalue weighted by molar-refractivity contribution is 7.82. The molecular formula is C11H17N4S2+. The van der Waals surface area contributed by atoms with Crippen LogP contribution >= 0.6 is 24.4 Å². The predicted octanol–water partition coefficient (Wildman–Crippen LogP) is 1.41. The van der Waals surface area contributed by atoms with E-state index in [0.29, 0.717) is 5.11 Å². The van der Waals surface area contributed by atoms with Crippen molar-refractivity contribution in [3.05, 3.63) is 24.3 Å². The van der Waals surface area contributed by atoms with Crippen molar-refractivity contribution in [1.29, 1.82) is 0 Å². The maximum Gasteiger partial charge on any atom is 0.177 e. The second kappa shape index (κ2) is 5.39. The minimum Gasteiger partial charge on any atom is -0.376 e. The molecule has 0 saturated carbocycles. The molecule has 0 fully saturated rings. The van der Waals surface area contributed by atoms with Gasteiger partial charge in [-0.1, -0.05) is 0 Å². The van der Waals surface area contributed by atoms with E-state index in [4.69, 9.17) is 30.2 Å². The van der Waals surface area contributed by atoms with Crippen LogP contribution in [0.5, 0.6) is 0 Å². The summed E-state index contributed by atoms with van der Waals surface area (Å²) in [5.74, 6) is 0. The Labute approximate surface area is 112 Å². The minimum atomic E-state index is 0.158. The van der Waals surface area contributed by atoms with Gasteiger partial charge in [-0.05, 0) is 36.6 Å². The van der Waals surface area contributed by atoms with E-state index in [-0.39, 0.29) is 5.11 Å². The lowest BCUT2D eigenvalue weighted by atomic mass is 10.2. The number of hydrogen-bond donors (Lipinski definition) is 3. The van der Waals surface area contributed by atoms with Crippen molar-refractivity contribution >= 4 is 46.0 Å². The molecule has 0 spiro atoms. The highest BCUT2D eigenvalue weighted by Gasteiger charge is 2.11. The second-order valence-electron chi connectivity index (χ2n) is 4.50. The minimum absolute atomic E-state index is 0.158. The molecule has 1 aromatic carbocycles. The van der Waals surface area contributed by atoms with Crippen LogP contribution in [0.4, 0.5) is 11.4 Å². The van der Waals surface area contributed by atoms with Gasteiger partial charge in [0, 0.05) is 17.8 Å². The topological polar surface area (TPSA) is 50.1 Å². The Balaban J connectivity index is 2.69. The van der Waals surface area contributed by atoms with Gasteiger partial charge in [-0.25, -0.2) is 0 Å². The lowest BCUT2D eigenvalue weighted by Crippen LogP contribution is -2.37. The summed E-state index contributed by atoms with van der Waals surface area (Å²) in [5.41, 5.74) is 7.43. The van der Waals surface area contributed by atoms with E-state index in [0.717, 1.165) is 10.2 Å². The van der Waals surface area contributed by atoms with Gasteiger partial charge in [0.15, 0.2) is 10.2 Å². The van der Waals surface area contributed by atoms with Crippen LogP contribution in [0.15, 0.2) is 24.3 Å². The molecular weight excluding hydrogens is 252 g/mol. The highest BCUT2D eigenvalue weighted by Crippen LogP contribution is 2.19. The van der Waals surface area contributed by atoms with Crippen molar-refractivity contribution in [2.24, 2.45) is 5.73 Å². The Bertz CT molecular complexity index is 420. The van der Waals surface area contributed by atoms with E-state index < -0.39 is 0 Å². The summed E-state index contributed by atoms with van der Waals surface area (Å²) in [5, 5.41) is 6.22. The van der Waals surface area contributed by atoms with Gasteiger partial charge in [-0.15, -0.1) is 0 Å². The fraction of sp³-hybridized carbons (Fsp3) is 0.273. The average molecular weight is 269 g/mol. The quantitative estimate of drug-likeness (QED) is 0.560. The Morgan fingerprint density at radius 2 is 1.65 bits per heavy atom. The van der Waals surface area contributed by atoms with E-state index in [2.05, 4.69) is 31.8 Å². The third-order valence-corrected chi connectivity index (χ3v) is 2.44. The maximum atomic E-state index is 5.32. The molecule has 0 aliphatic heterocycles. The molecule has 17 heavy (non-hydrogen) atoms. The van der Waals surface area contributed by atoms with Crippen molar-refractivity contribution in [2.75, 3.05) is 26.5 Å². The molecule has 0 aliphatic carbocycles. The normalized spacial score (nSPS) is 10.8. The van der Waals surface area contributed by atoms with Crippen molar-refractivity contribution in [1.82, 2.24) is 9.80 Å². The van der Waals surface area contributed by atoms with Gasteiger partial charge in [-0.3, -0.25) is 4.48 Å². The summed E-state index contributed by atoms with van der Waals surface area (Å²) in [6, 6.07) is 8.02. The zero-order valence-electron chi connectivity index (χ0n) is 10.2. The van der Waals surface area contributed by atoms with Crippen LogP contribution < -0.4 is 20.9 Å². The van der Waals surface area contributed by atoms with Gasteiger partial charge in [0.2, 0.25) is 0 Å². The number of nitrogens with two attached hydrogens (primary N) is 1. The standard InChI is InChI=1S/C11H16N4S2/c1-15(2,3)9-6-4-8(5-7-9)13-11(17)14-10(12)16/h4-7H,1-3H3,(H3-,12,13,14,16,17)/p+1. The Morgan fingerprint density at radius 3 is 2.06 bits per heavy atom. The molecule has 0 aliphatic rings. The molecule has 0 atom stereocenters. The summed E-state index contributed by atoms with van der Waals surface area (Å²) in [4.78, 5) is 0.